The Kier molecular flexibility index (Phi) is 7.93. The summed E-state index contributed by atoms with van der Waals surface area (Å²) in [4.78, 5) is 14.5. The van der Waals surface area contributed by atoms with Crippen molar-refractivity contribution in [2.75, 3.05) is 25.3 Å². The molecule has 164 valence electrons. The molecular weight excluding hydrogens is 408 g/mol. The largest absolute Gasteiger partial charge is 0.497 e. The van der Waals surface area contributed by atoms with Gasteiger partial charge in [0, 0.05) is 24.3 Å². The van der Waals surface area contributed by atoms with Crippen molar-refractivity contribution in [3.05, 3.63) is 48.0 Å². The number of anilines is 1. The van der Waals surface area contributed by atoms with Crippen LogP contribution in [-0.4, -0.2) is 45.4 Å². The van der Waals surface area contributed by atoms with Crippen LogP contribution >= 0.6 is 0 Å². The van der Waals surface area contributed by atoms with E-state index in [2.05, 4.69) is 5.32 Å². The summed E-state index contributed by atoms with van der Waals surface area (Å²) in [6.07, 6.45) is 0. The first-order chi connectivity index (χ1) is 14.2. The molecule has 1 N–H and O–H groups in total. The van der Waals surface area contributed by atoms with Gasteiger partial charge >= 0.3 is 16.1 Å². The van der Waals surface area contributed by atoms with Crippen molar-refractivity contribution in [1.82, 2.24) is 4.90 Å². The molecule has 8 nitrogen and oxygen atoms in total. The van der Waals surface area contributed by atoms with Crippen LogP contribution in [0, 0.1) is 0 Å². The molecule has 9 heteroatoms. The third kappa shape index (κ3) is 6.28. The average molecular weight is 437 g/mol. The summed E-state index contributed by atoms with van der Waals surface area (Å²) in [6, 6.07) is 11.6. The van der Waals surface area contributed by atoms with E-state index in [9.17, 15) is 13.2 Å². The van der Waals surface area contributed by atoms with Gasteiger partial charge in [-0.2, -0.15) is 8.42 Å². The summed E-state index contributed by atoms with van der Waals surface area (Å²) in [6.45, 7) is 5.54. The number of amides is 2. The van der Waals surface area contributed by atoms with Crippen LogP contribution < -0.4 is 19.0 Å². The lowest BCUT2D eigenvalue weighted by Crippen LogP contribution is -2.39. The third-order valence-electron chi connectivity index (χ3n) is 4.36. The summed E-state index contributed by atoms with van der Waals surface area (Å²) in [5.74, 6) is 0.862. The normalized spacial score (nSPS) is 11.1. The topological polar surface area (TPSA) is 94.2 Å². The van der Waals surface area contributed by atoms with Crippen molar-refractivity contribution in [2.24, 2.45) is 0 Å². The highest BCUT2D eigenvalue weighted by atomic mass is 32.2. The zero-order valence-electron chi connectivity index (χ0n) is 17.8. The fraction of sp³-hybridized carbons (Fsp3) is 0.381. The summed E-state index contributed by atoms with van der Waals surface area (Å²) in [5.41, 5.74) is 1.31. The zero-order chi connectivity index (χ0) is 22.3. The molecule has 0 fully saturated rings. The molecule has 0 unspecified atom stereocenters. The maximum atomic E-state index is 12.9. The lowest BCUT2D eigenvalue weighted by Gasteiger charge is -2.27. The molecule has 2 rings (SSSR count). The van der Waals surface area contributed by atoms with E-state index in [0.29, 0.717) is 22.7 Å². The van der Waals surface area contributed by atoms with Crippen LogP contribution in [0.1, 0.15) is 26.3 Å². The molecule has 0 saturated carbocycles. The molecule has 0 saturated heterocycles. The number of nitrogens with one attached hydrogen (secondary N) is 1. The maximum Gasteiger partial charge on any atom is 0.322 e. The second-order valence-corrected chi connectivity index (χ2v) is 8.66. The van der Waals surface area contributed by atoms with Gasteiger partial charge < -0.3 is 23.9 Å². The minimum Gasteiger partial charge on any atom is -0.497 e. The summed E-state index contributed by atoms with van der Waals surface area (Å²) in [7, 11) is -0.723. The number of carbonyl (C=O) groups is 1. The molecule has 0 heterocycles. The molecule has 0 radical (unpaired) electrons. The van der Waals surface area contributed by atoms with Crippen LogP contribution in [0.25, 0.3) is 0 Å². The molecule has 0 atom stereocenters. The highest BCUT2D eigenvalue weighted by molar-refractivity contribution is 7.87. The predicted molar refractivity (Wildman–Crippen MR) is 116 cm³/mol. The van der Waals surface area contributed by atoms with Crippen molar-refractivity contribution in [3.8, 4) is 17.2 Å². The van der Waals surface area contributed by atoms with E-state index in [-0.39, 0.29) is 30.1 Å². The fourth-order valence-electron chi connectivity index (χ4n) is 2.66. The van der Waals surface area contributed by atoms with Crippen LogP contribution in [0.3, 0.4) is 0 Å². The Bertz CT molecular complexity index is 975. The molecule has 0 aliphatic rings. The number of ether oxygens (including phenoxy) is 2. The molecule has 0 aliphatic heterocycles. The van der Waals surface area contributed by atoms with Gasteiger partial charge in [0.15, 0.2) is 11.5 Å². The molecule has 0 aromatic heterocycles. The van der Waals surface area contributed by atoms with Gasteiger partial charge in [-0.1, -0.05) is 12.1 Å². The van der Waals surface area contributed by atoms with Gasteiger partial charge in [-0.15, -0.1) is 0 Å². The Balaban J connectivity index is 2.24. The highest BCUT2D eigenvalue weighted by Gasteiger charge is 2.20. The number of hydrogen-bond acceptors (Lipinski definition) is 6. The number of carbonyl (C=O) groups excluding carboxylic acids is 1. The van der Waals surface area contributed by atoms with Crippen molar-refractivity contribution in [3.63, 3.8) is 0 Å². The van der Waals surface area contributed by atoms with Gasteiger partial charge in [0.05, 0.1) is 20.0 Å². The first kappa shape index (κ1) is 23.3. The second kappa shape index (κ2) is 10.2. The Morgan fingerprint density at radius 1 is 1.07 bits per heavy atom. The van der Waals surface area contributed by atoms with E-state index in [1.807, 2.05) is 13.8 Å². The number of hydrogen-bond donors (Lipinski definition) is 1. The van der Waals surface area contributed by atoms with E-state index in [4.69, 9.17) is 13.7 Å². The number of rotatable bonds is 9. The number of nitrogens with zero attached hydrogens (tertiary/aromatic N) is 1. The minimum absolute atomic E-state index is 0.0914. The second-order valence-electron chi connectivity index (χ2n) is 6.80. The summed E-state index contributed by atoms with van der Waals surface area (Å²) in [5, 5.41) is 2.86. The van der Waals surface area contributed by atoms with E-state index in [0.717, 1.165) is 0 Å². The Labute approximate surface area is 177 Å². The van der Waals surface area contributed by atoms with Crippen LogP contribution in [0.4, 0.5) is 10.5 Å². The number of urea groups is 1. The molecule has 0 aliphatic carbocycles. The minimum atomic E-state index is -3.72. The van der Waals surface area contributed by atoms with Gasteiger partial charge in [-0.05, 0) is 50.6 Å². The Morgan fingerprint density at radius 3 is 2.40 bits per heavy atom. The molecule has 0 bridgehead atoms. The number of benzene rings is 2. The standard InChI is InChI=1S/C21H28N2O6S/c1-6-30(25,26)29-20-12-16(10-11-19(20)28-5)14-23(15(2)3)21(24)22-17-8-7-9-18(13-17)27-4/h7-13,15H,6,14H2,1-5H3,(H,22,24). The van der Waals surface area contributed by atoms with E-state index in [1.165, 1.54) is 14.0 Å². The maximum absolute atomic E-state index is 12.9. The lowest BCUT2D eigenvalue weighted by atomic mass is 10.1. The van der Waals surface area contributed by atoms with Crippen LogP contribution in [-0.2, 0) is 16.7 Å². The lowest BCUT2D eigenvalue weighted by molar-refractivity contribution is 0.193. The van der Waals surface area contributed by atoms with Crippen molar-refractivity contribution >= 4 is 21.8 Å². The van der Waals surface area contributed by atoms with Gasteiger partial charge in [-0.25, -0.2) is 4.79 Å². The van der Waals surface area contributed by atoms with Crippen molar-refractivity contribution in [2.45, 2.75) is 33.4 Å². The smallest absolute Gasteiger partial charge is 0.322 e. The quantitative estimate of drug-likeness (QED) is 0.600. The Hall–Kier alpha value is -2.94. The molecule has 2 amide bonds. The van der Waals surface area contributed by atoms with Crippen LogP contribution in [0.15, 0.2) is 42.5 Å². The summed E-state index contributed by atoms with van der Waals surface area (Å²) < 4.78 is 39.3. The monoisotopic (exact) mass is 436 g/mol. The zero-order valence-corrected chi connectivity index (χ0v) is 18.7. The molecule has 2 aromatic carbocycles. The number of methoxy groups -OCH3 is 2. The van der Waals surface area contributed by atoms with Gasteiger partial charge in [-0.3, -0.25) is 0 Å². The van der Waals surface area contributed by atoms with Crippen LogP contribution in [0.5, 0.6) is 17.2 Å². The molecule has 0 spiro atoms. The predicted octanol–water partition coefficient (Wildman–Crippen LogP) is 3.87. The van der Waals surface area contributed by atoms with Crippen LogP contribution in [0.2, 0.25) is 0 Å². The first-order valence-electron chi connectivity index (χ1n) is 9.49. The fourth-order valence-corrected chi connectivity index (χ4v) is 3.18. The molecule has 2 aromatic rings. The molecule has 30 heavy (non-hydrogen) atoms. The SMILES string of the molecule is CCS(=O)(=O)Oc1cc(CN(C(=O)Nc2cccc(OC)c2)C(C)C)ccc1OC. The van der Waals surface area contributed by atoms with E-state index in [1.54, 1.807) is 54.5 Å². The average Bonchev–Trinajstić information content (AvgIpc) is 2.71. The third-order valence-corrected chi connectivity index (χ3v) is 5.50. The van der Waals surface area contributed by atoms with Crippen molar-refractivity contribution < 1.29 is 26.9 Å². The molecular formula is C21H28N2O6S. The van der Waals surface area contributed by atoms with Gasteiger partial charge in [0.25, 0.3) is 0 Å². The van der Waals surface area contributed by atoms with E-state index >= 15 is 0 Å². The van der Waals surface area contributed by atoms with Gasteiger partial charge in [0.2, 0.25) is 0 Å². The van der Waals surface area contributed by atoms with Gasteiger partial charge in [0.1, 0.15) is 5.75 Å². The summed E-state index contributed by atoms with van der Waals surface area (Å²) >= 11 is 0. The Morgan fingerprint density at radius 2 is 1.80 bits per heavy atom. The highest BCUT2D eigenvalue weighted by Crippen LogP contribution is 2.30. The first-order valence-corrected chi connectivity index (χ1v) is 11.1. The van der Waals surface area contributed by atoms with E-state index < -0.39 is 10.1 Å². The van der Waals surface area contributed by atoms with Crippen molar-refractivity contribution in [1.29, 1.82) is 0 Å².